The molecule has 5 nitrogen and oxygen atoms in total. The molecule has 1 aliphatic heterocycles. The largest absolute Gasteiger partial charge is 0.370 e. The highest BCUT2D eigenvalue weighted by Gasteiger charge is 2.19. The lowest BCUT2D eigenvalue weighted by Gasteiger charge is -2.35. The molecule has 1 aliphatic rings. The van der Waals surface area contributed by atoms with Crippen LogP contribution in [0.4, 0.5) is 5.13 Å². The predicted octanol–water partition coefficient (Wildman–Crippen LogP) is 0.600. The number of guanidine groups is 1. The van der Waals surface area contributed by atoms with Gasteiger partial charge in [-0.3, -0.25) is 4.99 Å². The molecule has 16 heavy (non-hydrogen) atoms. The molecule has 0 atom stereocenters. The molecule has 0 unspecified atom stereocenters. The average molecular weight is 239 g/mol. The van der Waals surface area contributed by atoms with E-state index in [1.54, 1.807) is 11.3 Å². The first-order valence-corrected chi connectivity index (χ1v) is 6.38. The predicted molar refractivity (Wildman–Crippen MR) is 68.1 cm³/mol. The summed E-state index contributed by atoms with van der Waals surface area (Å²) in [7, 11) is 0. The smallest absolute Gasteiger partial charge is 0.191 e. The van der Waals surface area contributed by atoms with E-state index in [0.717, 1.165) is 37.9 Å². The van der Waals surface area contributed by atoms with Crippen molar-refractivity contribution in [3.8, 4) is 0 Å². The van der Waals surface area contributed by atoms with Crippen molar-refractivity contribution < 1.29 is 0 Å². The van der Waals surface area contributed by atoms with Gasteiger partial charge in [-0.05, 0) is 6.92 Å². The Morgan fingerprint density at radius 1 is 1.50 bits per heavy atom. The Morgan fingerprint density at radius 2 is 2.25 bits per heavy atom. The van der Waals surface area contributed by atoms with Crippen molar-refractivity contribution in [2.24, 2.45) is 10.7 Å². The van der Waals surface area contributed by atoms with Crippen LogP contribution >= 0.6 is 11.3 Å². The number of aromatic nitrogens is 1. The van der Waals surface area contributed by atoms with Gasteiger partial charge in [-0.1, -0.05) is 0 Å². The maximum atomic E-state index is 5.87. The van der Waals surface area contributed by atoms with Crippen LogP contribution in [0.5, 0.6) is 0 Å². The van der Waals surface area contributed by atoms with Gasteiger partial charge in [0.25, 0.3) is 0 Å². The highest BCUT2D eigenvalue weighted by molar-refractivity contribution is 7.13. The molecular formula is C10H17N5S. The van der Waals surface area contributed by atoms with E-state index in [-0.39, 0.29) is 0 Å². The monoisotopic (exact) mass is 239 g/mol. The van der Waals surface area contributed by atoms with Gasteiger partial charge in [0.05, 0.1) is 0 Å². The van der Waals surface area contributed by atoms with Crippen LogP contribution in [0, 0.1) is 0 Å². The van der Waals surface area contributed by atoms with E-state index in [9.17, 15) is 0 Å². The second-order valence-electron chi connectivity index (χ2n) is 3.62. The van der Waals surface area contributed by atoms with Crippen molar-refractivity contribution in [1.29, 1.82) is 0 Å². The van der Waals surface area contributed by atoms with Crippen molar-refractivity contribution in [2.75, 3.05) is 37.6 Å². The molecule has 1 fully saturated rings. The Kier molecular flexibility index (Phi) is 3.61. The second-order valence-corrected chi connectivity index (χ2v) is 4.49. The zero-order valence-electron chi connectivity index (χ0n) is 9.46. The van der Waals surface area contributed by atoms with Gasteiger partial charge in [0.1, 0.15) is 0 Å². The number of nitrogens with zero attached hydrogens (tertiary/aromatic N) is 4. The lowest BCUT2D eigenvalue weighted by Crippen LogP contribution is -2.51. The van der Waals surface area contributed by atoms with Crippen molar-refractivity contribution in [3.63, 3.8) is 0 Å². The van der Waals surface area contributed by atoms with E-state index >= 15 is 0 Å². The van der Waals surface area contributed by atoms with Gasteiger partial charge in [0.15, 0.2) is 11.1 Å². The van der Waals surface area contributed by atoms with E-state index in [1.807, 2.05) is 18.5 Å². The van der Waals surface area contributed by atoms with Crippen LogP contribution in [0.1, 0.15) is 6.92 Å². The van der Waals surface area contributed by atoms with Gasteiger partial charge in [-0.25, -0.2) is 4.98 Å². The summed E-state index contributed by atoms with van der Waals surface area (Å²) >= 11 is 1.68. The molecule has 0 aromatic carbocycles. The first-order chi connectivity index (χ1) is 7.81. The minimum Gasteiger partial charge on any atom is -0.370 e. The molecule has 1 aromatic rings. The summed E-state index contributed by atoms with van der Waals surface area (Å²) in [5.74, 6) is 0.668. The van der Waals surface area contributed by atoms with E-state index in [1.165, 1.54) is 0 Å². The third-order valence-corrected chi connectivity index (χ3v) is 3.45. The van der Waals surface area contributed by atoms with Crippen LogP contribution in [0.2, 0.25) is 0 Å². The van der Waals surface area contributed by atoms with Crippen LogP contribution in [0.3, 0.4) is 0 Å². The SMILES string of the molecule is CCN=C(N)N1CCN(c2nccs2)CC1. The fourth-order valence-corrected chi connectivity index (χ4v) is 2.46. The molecule has 0 aliphatic carbocycles. The van der Waals surface area contributed by atoms with E-state index < -0.39 is 0 Å². The standard InChI is InChI=1S/C10H17N5S/c1-2-12-9(11)14-4-6-15(7-5-14)10-13-3-8-16-10/h3,8H,2,4-7H2,1H3,(H2,11,12). The van der Waals surface area contributed by atoms with Crippen molar-refractivity contribution >= 4 is 22.4 Å². The topological polar surface area (TPSA) is 57.8 Å². The summed E-state index contributed by atoms with van der Waals surface area (Å²) in [6.07, 6.45) is 1.85. The lowest BCUT2D eigenvalue weighted by atomic mass is 10.3. The van der Waals surface area contributed by atoms with Crippen LogP contribution in [0.25, 0.3) is 0 Å². The normalized spacial score (nSPS) is 17.9. The number of hydrogen-bond acceptors (Lipinski definition) is 4. The molecule has 0 bridgehead atoms. The Labute approximate surface area is 99.6 Å². The lowest BCUT2D eigenvalue weighted by molar-refractivity contribution is 0.381. The van der Waals surface area contributed by atoms with Crippen LogP contribution in [0.15, 0.2) is 16.6 Å². The zero-order valence-corrected chi connectivity index (χ0v) is 10.3. The first kappa shape index (κ1) is 11.2. The molecule has 2 heterocycles. The average Bonchev–Trinajstić information content (AvgIpc) is 2.83. The third-order valence-electron chi connectivity index (χ3n) is 2.61. The maximum absolute atomic E-state index is 5.87. The first-order valence-electron chi connectivity index (χ1n) is 5.50. The van der Waals surface area contributed by atoms with Crippen molar-refractivity contribution in [2.45, 2.75) is 6.92 Å². The molecule has 0 saturated carbocycles. The molecule has 0 spiro atoms. The number of thiazole rings is 1. The van der Waals surface area contributed by atoms with E-state index in [4.69, 9.17) is 5.73 Å². The van der Waals surface area contributed by atoms with Gasteiger partial charge in [-0.2, -0.15) is 0 Å². The highest BCUT2D eigenvalue weighted by atomic mass is 32.1. The molecule has 2 rings (SSSR count). The summed E-state index contributed by atoms with van der Waals surface area (Å²) in [5.41, 5.74) is 5.87. The number of piperazine rings is 1. The quantitative estimate of drug-likeness (QED) is 0.606. The minimum atomic E-state index is 0.668. The number of anilines is 1. The summed E-state index contributed by atoms with van der Waals surface area (Å²) in [6, 6.07) is 0. The fraction of sp³-hybridized carbons (Fsp3) is 0.600. The maximum Gasteiger partial charge on any atom is 0.191 e. The third kappa shape index (κ3) is 2.44. The summed E-state index contributed by atoms with van der Waals surface area (Å²) in [4.78, 5) is 13.0. The van der Waals surface area contributed by atoms with E-state index in [0.29, 0.717) is 5.96 Å². The van der Waals surface area contributed by atoms with Crippen LogP contribution in [-0.2, 0) is 0 Å². The fourth-order valence-electron chi connectivity index (χ4n) is 1.76. The molecule has 0 radical (unpaired) electrons. The molecule has 2 N–H and O–H groups in total. The number of hydrogen-bond donors (Lipinski definition) is 1. The Hall–Kier alpha value is -1.30. The Morgan fingerprint density at radius 3 is 2.81 bits per heavy atom. The molecule has 0 amide bonds. The summed E-state index contributed by atoms with van der Waals surface area (Å²) < 4.78 is 0. The second kappa shape index (κ2) is 5.16. The van der Waals surface area contributed by atoms with Crippen LogP contribution < -0.4 is 10.6 Å². The summed E-state index contributed by atoms with van der Waals surface area (Å²) in [5, 5.41) is 3.11. The zero-order chi connectivity index (χ0) is 11.4. The number of rotatable bonds is 2. The Bertz CT molecular complexity index is 340. The molecular weight excluding hydrogens is 222 g/mol. The highest BCUT2D eigenvalue weighted by Crippen LogP contribution is 2.18. The summed E-state index contributed by atoms with van der Waals surface area (Å²) in [6.45, 7) is 6.53. The van der Waals surface area contributed by atoms with E-state index in [2.05, 4.69) is 19.8 Å². The van der Waals surface area contributed by atoms with Gasteiger partial charge >= 0.3 is 0 Å². The van der Waals surface area contributed by atoms with Gasteiger partial charge in [0, 0.05) is 44.3 Å². The Balaban J connectivity index is 1.90. The molecule has 6 heteroatoms. The minimum absolute atomic E-state index is 0.668. The van der Waals surface area contributed by atoms with Crippen molar-refractivity contribution in [1.82, 2.24) is 9.88 Å². The van der Waals surface area contributed by atoms with Crippen molar-refractivity contribution in [3.05, 3.63) is 11.6 Å². The molecule has 1 aromatic heterocycles. The van der Waals surface area contributed by atoms with Gasteiger partial charge < -0.3 is 15.5 Å². The number of nitrogens with two attached hydrogens (primary N) is 1. The number of aliphatic imine (C=N–C) groups is 1. The van der Waals surface area contributed by atoms with Gasteiger partial charge in [0.2, 0.25) is 0 Å². The van der Waals surface area contributed by atoms with Crippen LogP contribution in [-0.4, -0.2) is 48.6 Å². The molecule has 88 valence electrons. The van der Waals surface area contributed by atoms with Gasteiger partial charge in [-0.15, -0.1) is 11.3 Å². The molecule has 1 saturated heterocycles.